The molecule has 1 atom stereocenters. The third-order valence-electron chi connectivity index (χ3n) is 4.04. The molecule has 2 aromatic carbocycles. The van der Waals surface area contributed by atoms with Gasteiger partial charge < -0.3 is 10.5 Å². The average molecular weight is 324 g/mol. The highest BCUT2D eigenvalue weighted by Crippen LogP contribution is 2.26. The van der Waals surface area contributed by atoms with Gasteiger partial charge in [-0.25, -0.2) is 0 Å². The maximum atomic E-state index is 11.9. The van der Waals surface area contributed by atoms with Crippen LogP contribution in [-0.4, -0.2) is 18.4 Å². The standard InChI is InChI=1S/C20H24N2O2/c1-2-24-19(23)14-18(16-6-4-3-5-7-16)13-10-15-8-11-17(12-9-15)20(21)22/h3-9,11-12,18H,2,10,13-14H2,1H3,(H3,21,22)/t18-/m0/s1. The van der Waals surface area contributed by atoms with E-state index in [2.05, 4.69) is 12.1 Å². The lowest BCUT2D eigenvalue weighted by Gasteiger charge is -2.17. The molecule has 0 saturated carbocycles. The number of benzene rings is 2. The predicted octanol–water partition coefficient (Wildman–Crippen LogP) is 3.64. The van der Waals surface area contributed by atoms with E-state index in [4.69, 9.17) is 15.9 Å². The zero-order chi connectivity index (χ0) is 17.4. The molecular weight excluding hydrogens is 300 g/mol. The number of carbonyl (C=O) groups is 1. The first kappa shape index (κ1) is 17.7. The van der Waals surface area contributed by atoms with Gasteiger partial charge >= 0.3 is 5.97 Å². The van der Waals surface area contributed by atoms with E-state index in [9.17, 15) is 4.79 Å². The fourth-order valence-corrected chi connectivity index (χ4v) is 2.72. The molecule has 2 rings (SSSR count). The number of nitrogens with two attached hydrogens (primary N) is 1. The van der Waals surface area contributed by atoms with E-state index < -0.39 is 0 Å². The normalized spacial score (nSPS) is 11.7. The van der Waals surface area contributed by atoms with E-state index in [1.807, 2.05) is 49.4 Å². The number of hydrogen-bond acceptors (Lipinski definition) is 3. The number of esters is 1. The Balaban J connectivity index is 2.04. The first-order valence-electron chi connectivity index (χ1n) is 8.24. The van der Waals surface area contributed by atoms with Crippen molar-refractivity contribution in [3.05, 3.63) is 71.3 Å². The summed E-state index contributed by atoms with van der Waals surface area (Å²) in [5, 5.41) is 7.43. The number of nitrogen functional groups attached to an aromatic ring is 1. The molecule has 0 spiro atoms. The second kappa shape index (κ2) is 8.87. The van der Waals surface area contributed by atoms with E-state index >= 15 is 0 Å². The van der Waals surface area contributed by atoms with Crippen LogP contribution in [0.15, 0.2) is 54.6 Å². The molecule has 0 saturated heterocycles. The molecule has 24 heavy (non-hydrogen) atoms. The van der Waals surface area contributed by atoms with Crippen LogP contribution in [0.4, 0.5) is 0 Å². The van der Waals surface area contributed by atoms with Crippen LogP contribution in [-0.2, 0) is 16.0 Å². The number of rotatable bonds is 8. The van der Waals surface area contributed by atoms with Crippen molar-refractivity contribution in [3.8, 4) is 0 Å². The molecule has 126 valence electrons. The fraction of sp³-hybridized carbons (Fsp3) is 0.300. The van der Waals surface area contributed by atoms with Crippen molar-refractivity contribution in [2.45, 2.75) is 32.1 Å². The summed E-state index contributed by atoms with van der Waals surface area (Å²) >= 11 is 0. The first-order chi connectivity index (χ1) is 11.6. The van der Waals surface area contributed by atoms with E-state index in [1.54, 1.807) is 0 Å². The molecular formula is C20H24N2O2. The monoisotopic (exact) mass is 324 g/mol. The van der Waals surface area contributed by atoms with Gasteiger partial charge in [0.2, 0.25) is 0 Å². The number of ether oxygens (including phenoxy) is 1. The zero-order valence-electron chi connectivity index (χ0n) is 14.0. The number of hydrogen-bond donors (Lipinski definition) is 2. The van der Waals surface area contributed by atoms with Crippen LogP contribution in [0.5, 0.6) is 0 Å². The topological polar surface area (TPSA) is 76.2 Å². The summed E-state index contributed by atoms with van der Waals surface area (Å²) < 4.78 is 5.11. The van der Waals surface area contributed by atoms with Gasteiger partial charge in [0, 0.05) is 5.56 Å². The zero-order valence-corrected chi connectivity index (χ0v) is 14.0. The molecule has 0 fully saturated rings. The predicted molar refractivity (Wildman–Crippen MR) is 96.2 cm³/mol. The molecule has 0 heterocycles. The maximum Gasteiger partial charge on any atom is 0.306 e. The van der Waals surface area contributed by atoms with Gasteiger partial charge in [-0.15, -0.1) is 0 Å². The third-order valence-corrected chi connectivity index (χ3v) is 4.04. The molecule has 0 radical (unpaired) electrons. The number of amidine groups is 1. The minimum atomic E-state index is -0.154. The summed E-state index contributed by atoms with van der Waals surface area (Å²) in [5.74, 6) is 0.0574. The van der Waals surface area contributed by atoms with Crippen molar-refractivity contribution < 1.29 is 9.53 Å². The summed E-state index contributed by atoms with van der Waals surface area (Å²) in [4.78, 5) is 11.9. The lowest BCUT2D eigenvalue weighted by Crippen LogP contribution is -2.12. The Hall–Kier alpha value is -2.62. The molecule has 0 aromatic heterocycles. The van der Waals surface area contributed by atoms with E-state index in [0.29, 0.717) is 13.0 Å². The second-order valence-electron chi connectivity index (χ2n) is 5.77. The van der Waals surface area contributed by atoms with Crippen LogP contribution in [0, 0.1) is 5.41 Å². The van der Waals surface area contributed by atoms with Gasteiger partial charge in [0.05, 0.1) is 13.0 Å². The molecule has 0 aliphatic heterocycles. The molecule has 2 aromatic rings. The molecule has 0 amide bonds. The largest absolute Gasteiger partial charge is 0.466 e. The summed E-state index contributed by atoms with van der Waals surface area (Å²) in [7, 11) is 0. The van der Waals surface area contributed by atoms with Crippen molar-refractivity contribution >= 4 is 11.8 Å². The van der Waals surface area contributed by atoms with Gasteiger partial charge in [0.15, 0.2) is 0 Å². The van der Waals surface area contributed by atoms with Gasteiger partial charge in [0.25, 0.3) is 0 Å². The van der Waals surface area contributed by atoms with Crippen LogP contribution < -0.4 is 5.73 Å². The number of nitrogens with one attached hydrogen (secondary N) is 1. The van der Waals surface area contributed by atoms with Gasteiger partial charge in [-0.3, -0.25) is 10.2 Å². The Morgan fingerprint density at radius 1 is 1.12 bits per heavy atom. The lowest BCUT2D eigenvalue weighted by molar-refractivity contribution is -0.143. The SMILES string of the molecule is CCOC(=O)C[C@H](CCc1ccc(C(=N)N)cc1)c1ccccc1. The van der Waals surface area contributed by atoms with Crippen LogP contribution in [0.25, 0.3) is 0 Å². The van der Waals surface area contributed by atoms with Crippen LogP contribution in [0.1, 0.15) is 42.4 Å². The van der Waals surface area contributed by atoms with Crippen molar-refractivity contribution in [1.82, 2.24) is 0 Å². The summed E-state index contributed by atoms with van der Waals surface area (Å²) in [6, 6.07) is 17.8. The van der Waals surface area contributed by atoms with E-state index in [0.717, 1.165) is 24.0 Å². The van der Waals surface area contributed by atoms with Crippen molar-refractivity contribution in [1.29, 1.82) is 5.41 Å². The third kappa shape index (κ3) is 5.23. The van der Waals surface area contributed by atoms with Crippen LogP contribution in [0.3, 0.4) is 0 Å². The molecule has 0 aliphatic carbocycles. The molecule has 0 aliphatic rings. The van der Waals surface area contributed by atoms with Crippen molar-refractivity contribution in [3.63, 3.8) is 0 Å². The van der Waals surface area contributed by atoms with Crippen molar-refractivity contribution in [2.24, 2.45) is 5.73 Å². The molecule has 4 nitrogen and oxygen atoms in total. The summed E-state index contributed by atoms with van der Waals surface area (Å²) in [5.41, 5.74) is 8.53. The summed E-state index contributed by atoms with van der Waals surface area (Å²) in [6.45, 7) is 2.23. The summed E-state index contributed by atoms with van der Waals surface area (Å²) in [6.07, 6.45) is 2.11. The highest BCUT2D eigenvalue weighted by Gasteiger charge is 2.17. The lowest BCUT2D eigenvalue weighted by atomic mass is 9.89. The molecule has 4 heteroatoms. The van der Waals surface area contributed by atoms with Gasteiger partial charge in [-0.2, -0.15) is 0 Å². The Bertz CT molecular complexity index is 666. The Kier molecular flexibility index (Phi) is 6.55. The molecule has 3 N–H and O–H groups in total. The highest BCUT2D eigenvalue weighted by molar-refractivity contribution is 5.94. The van der Waals surface area contributed by atoms with Crippen molar-refractivity contribution in [2.75, 3.05) is 6.61 Å². The first-order valence-corrected chi connectivity index (χ1v) is 8.24. The minimum absolute atomic E-state index is 0.0750. The second-order valence-corrected chi connectivity index (χ2v) is 5.77. The maximum absolute atomic E-state index is 11.9. The highest BCUT2D eigenvalue weighted by atomic mass is 16.5. The van der Waals surface area contributed by atoms with E-state index in [1.165, 1.54) is 5.56 Å². The minimum Gasteiger partial charge on any atom is -0.466 e. The number of aryl methyl sites for hydroxylation is 1. The Labute approximate surface area is 143 Å². The quantitative estimate of drug-likeness (QED) is 0.442. The Morgan fingerprint density at radius 2 is 1.79 bits per heavy atom. The fourth-order valence-electron chi connectivity index (χ4n) is 2.72. The van der Waals surface area contributed by atoms with Gasteiger partial charge in [-0.1, -0.05) is 54.6 Å². The Morgan fingerprint density at radius 3 is 2.38 bits per heavy atom. The molecule has 0 unspecified atom stereocenters. The van der Waals surface area contributed by atoms with Gasteiger partial charge in [-0.05, 0) is 36.8 Å². The molecule has 0 bridgehead atoms. The van der Waals surface area contributed by atoms with Crippen LogP contribution >= 0.6 is 0 Å². The van der Waals surface area contributed by atoms with E-state index in [-0.39, 0.29) is 17.7 Å². The van der Waals surface area contributed by atoms with Gasteiger partial charge in [0.1, 0.15) is 5.84 Å². The number of carbonyl (C=O) groups excluding carboxylic acids is 1. The van der Waals surface area contributed by atoms with Crippen LogP contribution in [0.2, 0.25) is 0 Å². The smallest absolute Gasteiger partial charge is 0.306 e. The average Bonchev–Trinajstić information content (AvgIpc) is 2.60.